The number of ketones is 3. The van der Waals surface area contributed by atoms with Crippen molar-refractivity contribution in [1.29, 1.82) is 0 Å². The van der Waals surface area contributed by atoms with E-state index >= 15 is 0 Å². The van der Waals surface area contributed by atoms with Crippen molar-refractivity contribution in [2.24, 2.45) is 35.5 Å². The monoisotopic (exact) mass is 1860 g/mol. The van der Waals surface area contributed by atoms with Gasteiger partial charge in [-0.1, -0.05) is 89.3 Å². The highest BCUT2D eigenvalue weighted by atomic mass is 16.6. The zero-order chi connectivity index (χ0) is 95.4. The molecule has 3 fully saturated rings. The Hall–Kier alpha value is -8.69. The molecule has 133 heavy (non-hydrogen) atoms. The van der Waals surface area contributed by atoms with E-state index in [2.05, 4.69) is 33.2 Å². The highest BCUT2D eigenvalue weighted by molar-refractivity contribution is 6.39. The quantitative estimate of drug-likeness (QED) is 0.0122. The van der Waals surface area contributed by atoms with E-state index in [-0.39, 0.29) is 85.4 Å². The number of nitrogen functional groups attached to an aromatic ring is 2. The van der Waals surface area contributed by atoms with Crippen molar-refractivity contribution < 1.29 is 119 Å². The molecule has 4 aliphatic heterocycles. The number of carbonyl (C=O) groups is 7. The average Bonchev–Trinajstić information content (AvgIpc) is 1.65. The van der Waals surface area contributed by atoms with E-state index in [1.807, 2.05) is 92.8 Å². The predicted molar refractivity (Wildman–Crippen MR) is 496 cm³/mol. The molecule has 2 amide bonds. The average molecular weight is 1860 g/mol. The minimum atomic E-state index is -2.46. The first-order valence-corrected chi connectivity index (χ1v) is 47.5. The Morgan fingerprint density at radius 3 is 2.00 bits per heavy atom. The number of rotatable bonds is 43. The van der Waals surface area contributed by atoms with Crippen LogP contribution in [0.4, 0.5) is 11.8 Å². The van der Waals surface area contributed by atoms with Crippen LogP contribution in [0.25, 0.3) is 33.4 Å². The second-order valence-corrected chi connectivity index (χ2v) is 36.0. The van der Waals surface area contributed by atoms with Gasteiger partial charge in [0.2, 0.25) is 11.7 Å². The van der Waals surface area contributed by atoms with E-state index in [1.165, 1.54) is 23.9 Å². The van der Waals surface area contributed by atoms with Crippen LogP contribution in [0, 0.1) is 35.5 Å². The SMILES string of the molecule is CO[C@H]1C[C@@H]2CC[C@@H](C)[C@@](O)(O2)C(=O)C(=O)N2CCCC[C@H]2C(=O)O[C@H]([C@H](C)C[C@@H]2CC[C@@H](OC(=O)CCCOCCOCCOCCOCCC(=O)CCCOCCOCCOCCOCCC(=O)N3CCc4cc(Cn5nc(-c6ccc7oc(N)nc7c6)c6c(N)ncnc65)ccc4C3)[C@H](OC)C2)C[C@@H](OC)[C@H](C)/C=C(\C)[C@@H](O)[C@@H](OC)C(=O)[C@H](C)C[C@H](C)/C=C/C=C/C=C/1C. The number of ether oxygens (including phenoxy) is 15. The number of nitrogens with two attached hydrogens (primary N) is 2. The molecule has 7 heterocycles. The summed E-state index contributed by atoms with van der Waals surface area (Å²) in [6.45, 7) is 20.6. The van der Waals surface area contributed by atoms with Crippen LogP contribution in [0.15, 0.2) is 94.7 Å². The maximum Gasteiger partial charge on any atom is 0.329 e. The lowest BCUT2D eigenvalue weighted by molar-refractivity contribution is -0.265. The molecule has 16 atom stereocenters. The van der Waals surface area contributed by atoms with Crippen LogP contribution in [0.3, 0.4) is 0 Å². The van der Waals surface area contributed by atoms with E-state index in [9.17, 15) is 43.8 Å². The zero-order valence-electron chi connectivity index (χ0n) is 79.8. The van der Waals surface area contributed by atoms with Gasteiger partial charge < -0.3 is 107 Å². The number of amides is 2. The second kappa shape index (κ2) is 54.9. The van der Waals surface area contributed by atoms with Crippen molar-refractivity contribution in [3.63, 3.8) is 0 Å². The van der Waals surface area contributed by atoms with Crippen LogP contribution in [0.5, 0.6) is 0 Å². The summed E-state index contributed by atoms with van der Waals surface area (Å²) < 4.78 is 95.3. The van der Waals surface area contributed by atoms with Gasteiger partial charge in [-0.05, 0) is 161 Å². The van der Waals surface area contributed by atoms with Gasteiger partial charge in [-0.3, -0.25) is 28.8 Å². The molecule has 0 unspecified atom stereocenters. The minimum Gasteiger partial charge on any atom is -0.460 e. The lowest BCUT2D eigenvalue weighted by Crippen LogP contribution is -2.61. The molecular weight excluding hydrogens is 1720 g/mol. The largest absolute Gasteiger partial charge is 0.460 e. The smallest absolute Gasteiger partial charge is 0.329 e. The van der Waals surface area contributed by atoms with Crippen LogP contribution in [-0.2, 0) is 124 Å². The van der Waals surface area contributed by atoms with Gasteiger partial charge >= 0.3 is 11.9 Å². The molecule has 5 aromatic rings. The summed E-state index contributed by atoms with van der Waals surface area (Å²) in [6, 6.07) is 10.8. The predicted octanol–water partition coefficient (Wildman–Crippen LogP) is 11.0. The number of piperidine rings is 1. The number of aliphatic hydroxyl groups is 2. The summed E-state index contributed by atoms with van der Waals surface area (Å²) in [5.74, 6) is -7.21. The molecule has 2 aromatic carbocycles. The van der Waals surface area contributed by atoms with Gasteiger partial charge in [0.15, 0.2) is 17.0 Å². The Labute approximate surface area is 781 Å². The number of cyclic esters (lactones) is 1. The number of allylic oxidation sites excluding steroid dienone is 5. The molecule has 34 heteroatoms. The third-order valence-electron chi connectivity index (χ3n) is 26.0. The summed E-state index contributed by atoms with van der Waals surface area (Å²) in [4.78, 5) is 113. The molecule has 6 N–H and O–H groups in total. The number of oxazole rings is 1. The number of anilines is 2. The molecule has 736 valence electrons. The van der Waals surface area contributed by atoms with E-state index in [4.69, 9.17) is 92.0 Å². The van der Waals surface area contributed by atoms with E-state index < -0.39 is 90.2 Å². The standard InChI is InChI=1S/C99H145N9O25/c1-64-19-13-12-14-20-65(2)82(118-8)59-77-29-24-70(7)99(117,133-77)93(114)96(115)107-35-16-15-22-79(107)97(116)131-84(60-83(119-9)66(3)54-69(6)91(113)92(121-11)90(112)68(5)53-64)67(4)55-71-26-30-81(85(57-71)120-10)130-87(111)23-18-38-123-42-46-127-49-51-128-47-43-124-39-33-76(109)21-17-37-122-41-45-126-50-52-129-48-44-125-40-34-86(110)106-36-32-73-56-72(25-27-75(73)62-106)61-108-95-88(94(100)102-63-103-95)89(105-108)74-28-31-80-78(58-74)104-98(101)132-80/h12-14,19-20,25,27-28,31,54,56,58,63-64,66-68,70-71,77,79,81-85,91-92,113,117H,15-18,21-24,26,29-30,32-53,55,57,59-62H2,1-11H3,(H2,101,104)(H2,100,102,103)/b14-12+,19-13+,65-20+,69-54+/t64-,66-,67-,68-,70-,71+,77+,79+,81-,82+,83-,84+,85-,91-,92+,99-/m1/s1. The molecule has 0 radical (unpaired) electrons. The van der Waals surface area contributed by atoms with Gasteiger partial charge in [-0.25, -0.2) is 19.4 Å². The number of esters is 2. The summed E-state index contributed by atoms with van der Waals surface area (Å²) in [7, 11) is 6.17. The molecule has 10 rings (SSSR count). The number of hydrogen-bond donors (Lipinski definition) is 4. The third-order valence-corrected chi connectivity index (χ3v) is 26.0. The Morgan fingerprint density at radius 2 is 1.32 bits per heavy atom. The second-order valence-electron chi connectivity index (χ2n) is 36.0. The maximum absolute atomic E-state index is 14.9. The molecular formula is C99H145N9O25. The van der Waals surface area contributed by atoms with E-state index in [1.54, 1.807) is 41.2 Å². The molecule has 2 saturated heterocycles. The molecule has 3 aromatic heterocycles. The van der Waals surface area contributed by atoms with Gasteiger partial charge in [0, 0.05) is 117 Å². The van der Waals surface area contributed by atoms with Crippen molar-refractivity contribution >= 4 is 75.1 Å². The molecule has 1 saturated carbocycles. The Morgan fingerprint density at radius 1 is 0.654 bits per heavy atom. The van der Waals surface area contributed by atoms with Crippen LogP contribution in [-0.4, -0.2) is 294 Å². The maximum atomic E-state index is 14.9. The van der Waals surface area contributed by atoms with Crippen molar-refractivity contribution in [3.8, 4) is 11.3 Å². The van der Waals surface area contributed by atoms with Crippen LogP contribution in [0.2, 0.25) is 0 Å². The van der Waals surface area contributed by atoms with Crippen molar-refractivity contribution in [2.45, 2.75) is 244 Å². The highest BCUT2D eigenvalue weighted by Gasteiger charge is 2.53. The van der Waals surface area contributed by atoms with Crippen molar-refractivity contribution in [2.75, 3.05) is 159 Å². The Bertz CT molecular complexity index is 4650. The van der Waals surface area contributed by atoms with Gasteiger partial charge in [0.1, 0.15) is 59.6 Å². The summed E-state index contributed by atoms with van der Waals surface area (Å²) in [5, 5.41) is 29.6. The number of benzene rings is 2. The normalized spacial score (nSPS) is 26.9. The van der Waals surface area contributed by atoms with E-state index in [0.29, 0.717) is 254 Å². The lowest BCUT2D eigenvalue weighted by atomic mass is 9.78. The number of carbonyl (C=O) groups excluding carboxylic acids is 7. The number of Topliss-reactive ketones (excluding diaryl/α,β-unsaturated/α-hetero) is 3. The van der Waals surface area contributed by atoms with Gasteiger partial charge in [0.05, 0.1) is 135 Å². The fourth-order valence-corrected chi connectivity index (χ4v) is 18.3. The first-order chi connectivity index (χ1) is 64.2. The van der Waals surface area contributed by atoms with Crippen LogP contribution >= 0.6 is 0 Å². The van der Waals surface area contributed by atoms with Gasteiger partial charge in [-0.2, -0.15) is 10.1 Å². The number of fused-ring (bicyclic) bond motifs is 6. The number of aliphatic hydroxyl groups excluding tert-OH is 1. The first kappa shape index (κ1) is 106. The molecule has 2 bridgehead atoms. The number of nitrogens with zero attached hydrogens (tertiary/aromatic N) is 7. The summed E-state index contributed by atoms with van der Waals surface area (Å²) in [6.07, 6.45) is 15.7. The van der Waals surface area contributed by atoms with Crippen LogP contribution in [0.1, 0.15) is 181 Å². The number of hydrogen-bond acceptors (Lipinski definition) is 31. The topological polar surface area (TPSA) is 427 Å². The summed E-state index contributed by atoms with van der Waals surface area (Å²) >= 11 is 0. The highest BCUT2D eigenvalue weighted by Crippen LogP contribution is 2.40. The number of aromatic nitrogens is 5. The number of methoxy groups -OCH3 is 4. The van der Waals surface area contributed by atoms with Crippen molar-refractivity contribution in [3.05, 3.63) is 107 Å². The van der Waals surface area contributed by atoms with Gasteiger partial charge in [0.25, 0.3) is 17.7 Å². The first-order valence-electron chi connectivity index (χ1n) is 47.5. The van der Waals surface area contributed by atoms with Gasteiger partial charge in [-0.15, -0.1) is 0 Å². The molecule has 5 aliphatic rings. The molecule has 0 spiro atoms. The van der Waals surface area contributed by atoms with Crippen LogP contribution < -0.4 is 11.5 Å². The third kappa shape index (κ3) is 32.0. The molecule has 1 aliphatic carbocycles. The zero-order valence-corrected chi connectivity index (χ0v) is 79.8. The lowest BCUT2D eigenvalue weighted by Gasteiger charge is -2.43. The Balaban J connectivity index is 0.541. The van der Waals surface area contributed by atoms with E-state index in [0.717, 1.165) is 28.7 Å². The fraction of sp³-hybridized carbons (Fsp3) is 0.667. The molecule has 34 nitrogen and oxygen atoms in total. The fourth-order valence-electron chi connectivity index (χ4n) is 18.3. The Kier molecular flexibility index (Phi) is 43.9. The minimum absolute atomic E-state index is 0.00823. The van der Waals surface area contributed by atoms with Crippen molar-refractivity contribution in [1.82, 2.24) is 34.5 Å². The summed E-state index contributed by atoms with van der Waals surface area (Å²) in [5.41, 5.74) is 20.1.